The minimum absolute atomic E-state index is 0.0342. The maximum atomic E-state index is 12.0. The van der Waals surface area contributed by atoms with E-state index in [1.807, 2.05) is 18.2 Å². The third-order valence-corrected chi connectivity index (χ3v) is 3.02. The first kappa shape index (κ1) is 16.3. The number of nitrogens with one attached hydrogen (secondary N) is 1. The molecule has 108 valence electrons. The number of benzene rings is 1. The van der Waals surface area contributed by atoms with Gasteiger partial charge in [0.25, 0.3) is 0 Å². The third kappa shape index (κ3) is 6.27. The van der Waals surface area contributed by atoms with Crippen LogP contribution in [-0.4, -0.2) is 33.0 Å². The van der Waals surface area contributed by atoms with Gasteiger partial charge < -0.3 is 10.1 Å². The SMILES string of the molecule is CNCC(CCOCC(F)(F)F)c1ccccc1Cl. The van der Waals surface area contributed by atoms with E-state index in [-0.39, 0.29) is 12.5 Å². The number of ether oxygens (including phenoxy) is 1. The Balaban J connectivity index is 2.52. The summed E-state index contributed by atoms with van der Waals surface area (Å²) in [5, 5.41) is 3.64. The van der Waals surface area contributed by atoms with Gasteiger partial charge in [0.2, 0.25) is 0 Å². The molecular weight excluding hydrogens is 279 g/mol. The summed E-state index contributed by atoms with van der Waals surface area (Å²) < 4.78 is 40.5. The highest BCUT2D eigenvalue weighted by molar-refractivity contribution is 6.31. The number of alkyl halides is 3. The molecule has 0 spiro atoms. The van der Waals surface area contributed by atoms with E-state index in [0.29, 0.717) is 18.0 Å². The highest BCUT2D eigenvalue weighted by Gasteiger charge is 2.27. The number of likely N-dealkylation sites (N-methyl/N-ethyl adjacent to an activating group) is 1. The van der Waals surface area contributed by atoms with Crippen LogP contribution in [0.5, 0.6) is 0 Å². The van der Waals surface area contributed by atoms with Crippen molar-refractivity contribution in [2.45, 2.75) is 18.5 Å². The molecule has 1 N–H and O–H groups in total. The van der Waals surface area contributed by atoms with Crippen LogP contribution in [0.1, 0.15) is 17.9 Å². The van der Waals surface area contributed by atoms with E-state index in [1.165, 1.54) is 0 Å². The zero-order valence-electron chi connectivity index (χ0n) is 10.6. The molecule has 0 aliphatic carbocycles. The molecule has 19 heavy (non-hydrogen) atoms. The molecule has 0 saturated carbocycles. The minimum atomic E-state index is -4.27. The van der Waals surface area contributed by atoms with E-state index in [2.05, 4.69) is 10.1 Å². The lowest BCUT2D eigenvalue weighted by molar-refractivity contribution is -0.174. The van der Waals surface area contributed by atoms with Crippen LogP contribution in [0.4, 0.5) is 13.2 Å². The lowest BCUT2D eigenvalue weighted by atomic mass is 9.96. The maximum absolute atomic E-state index is 12.0. The molecule has 1 unspecified atom stereocenters. The van der Waals surface area contributed by atoms with Crippen molar-refractivity contribution in [3.8, 4) is 0 Å². The zero-order chi connectivity index (χ0) is 14.3. The van der Waals surface area contributed by atoms with E-state index in [4.69, 9.17) is 11.6 Å². The summed E-state index contributed by atoms with van der Waals surface area (Å²) in [5.41, 5.74) is 0.925. The second-order valence-electron chi connectivity index (χ2n) is 4.23. The number of halogens is 4. The lowest BCUT2D eigenvalue weighted by Gasteiger charge is -2.18. The van der Waals surface area contributed by atoms with E-state index in [1.54, 1.807) is 13.1 Å². The highest BCUT2D eigenvalue weighted by atomic mass is 35.5. The summed E-state index contributed by atoms with van der Waals surface area (Å²) >= 11 is 6.09. The first-order valence-electron chi connectivity index (χ1n) is 5.97. The zero-order valence-corrected chi connectivity index (χ0v) is 11.4. The predicted octanol–water partition coefficient (Wildman–Crippen LogP) is 3.61. The second-order valence-corrected chi connectivity index (χ2v) is 4.64. The van der Waals surface area contributed by atoms with Crippen molar-refractivity contribution in [2.75, 3.05) is 26.8 Å². The summed E-state index contributed by atoms with van der Waals surface area (Å²) in [7, 11) is 1.79. The molecule has 0 bridgehead atoms. The van der Waals surface area contributed by atoms with Gasteiger partial charge in [-0.1, -0.05) is 29.8 Å². The summed E-state index contributed by atoms with van der Waals surface area (Å²) in [6.45, 7) is -0.516. The van der Waals surface area contributed by atoms with Gasteiger partial charge in [0.1, 0.15) is 6.61 Å². The van der Waals surface area contributed by atoms with E-state index in [9.17, 15) is 13.2 Å². The summed E-state index contributed by atoms with van der Waals surface area (Å²) in [6, 6.07) is 7.34. The summed E-state index contributed by atoms with van der Waals surface area (Å²) in [4.78, 5) is 0. The van der Waals surface area contributed by atoms with Crippen LogP contribution < -0.4 is 5.32 Å². The van der Waals surface area contributed by atoms with Crippen LogP contribution in [0.15, 0.2) is 24.3 Å². The van der Waals surface area contributed by atoms with Crippen LogP contribution in [0.25, 0.3) is 0 Å². The number of rotatable bonds is 7. The van der Waals surface area contributed by atoms with Crippen molar-refractivity contribution in [1.29, 1.82) is 0 Å². The molecule has 6 heteroatoms. The van der Waals surface area contributed by atoms with Gasteiger partial charge in [-0.15, -0.1) is 0 Å². The van der Waals surface area contributed by atoms with Crippen molar-refractivity contribution in [3.05, 3.63) is 34.9 Å². The Bertz CT molecular complexity index is 384. The van der Waals surface area contributed by atoms with Gasteiger partial charge >= 0.3 is 6.18 Å². The fraction of sp³-hybridized carbons (Fsp3) is 0.538. The van der Waals surface area contributed by atoms with Crippen molar-refractivity contribution in [3.63, 3.8) is 0 Å². The van der Waals surface area contributed by atoms with Crippen LogP contribution in [-0.2, 0) is 4.74 Å². The van der Waals surface area contributed by atoms with Gasteiger partial charge in [0.05, 0.1) is 0 Å². The number of hydrogen-bond acceptors (Lipinski definition) is 2. The molecule has 1 rings (SSSR count). The third-order valence-electron chi connectivity index (χ3n) is 2.67. The Morgan fingerprint density at radius 1 is 1.32 bits per heavy atom. The average molecular weight is 296 g/mol. The predicted molar refractivity (Wildman–Crippen MR) is 69.6 cm³/mol. The van der Waals surface area contributed by atoms with E-state index in [0.717, 1.165) is 5.56 Å². The monoisotopic (exact) mass is 295 g/mol. The van der Waals surface area contributed by atoms with Gasteiger partial charge in [-0.2, -0.15) is 13.2 Å². The molecule has 0 aliphatic heterocycles. The molecule has 0 aliphatic rings. The Kier molecular flexibility index (Phi) is 6.62. The molecule has 0 radical (unpaired) electrons. The van der Waals surface area contributed by atoms with Gasteiger partial charge in [0, 0.05) is 18.2 Å². The number of hydrogen-bond donors (Lipinski definition) is 1. The Morgan fingerprint density at radius 2 is 2.00 bits per heavy atom. The molecule has 0 aromatic heterocycles. The van der Waals surface area contributed by atoms with Crippen LogP contribution in [0.3, 0.4) is 0 Å². The normalized spacial score (nSPS) is 13.5. The average Bonchev–Trinajstić information content (AvgIpc) is 2.33. The van der Waals surface area contributed by atoms with Crippen LogP contribution in [0, 0.1) is 0 Å². The lowest BCUT2D eigenvalue weighted by Crippen LogP contribution is -2.21. The van der Waals surface area contributed by atoms with Gasteiger partial charge in [0.15, 0.2) is 0 Å². The smallest absolute Gasteiger partial charge is 0.372 e. The molecular formula is C13H17ClF3NO. The first-order valence-corrected chi connectivity index (χ1v) is 6.35. The second kappa shape index (κ2) is 7.72. The largest absolute Gasteiger partial charge is 0.411 e. The van der Waals surface area contributed by atoms with Gasteiger partial charge in [-0.25, -0.2) is 0 Å². The molecule has 0 fully saturated rings. The maximum Gasteiger partial charge on any atom is 0.411 e. The minimum Gasteiger partial charge on any atom is -0.372 e. The van der Waals surface area contributed by atoms with Gasteiger partial charge in [-0.05, 0) is 31.0 Å². The molecule has 2 nitrogen and oxygen atoms in total. The van der Waals surface area contributed by atoms with Crippen LogP contribution >= 0.6 is 11.6 Å². The van der Waals surface area contributed by atoms with Crippen LogP contribution in [0.2, 0.25) is 5.02 Å². The molecule has 0 heterocycles. The molecule has 1 aromatic rings. The standard InChI is InChI=1S/C13H17ClF3NO/c1-18-8-10(6-7-19-9-13(15,16)17)11-4-2-3-5-12(11)14/h2-5,10,18H,6-9H2,1H3. The molecule has 0 amide bonds. The molecule has 1 atom stereocenters. The van der Waals surface area contributed by atoms with Gasteiger partial charge in [-0.3, -0.25) is 0 Å². The first-order chi connectivity index (χ1) is 8.94. The van der Waals surface area contributed by atoms with Crippen molar-refractivity contribution < 1.29 is 17.9 Å². The Morgan fingerprint density at radius 3 is 2.58 bits per heavy atom. The molecule has 1 aromatic carbocycles. The fourth-order valence-corrected chi connectivity index (χ4v) is 2.12. The van der Waals surface area contributed by atoms with E-state index < -0.39 is 12.8 Å². The van der Waals surface area contributed by atoms with Crippen molar-refractivity contribution >= 4 is 11.6 Å². The van der Waals surface area contributed by atoms with Crippen molar-refractivity contribution in [2.24, 2.45) is 0 Å². The Hall–Kier alpha value is -0.780. The van der Waals surface area contributed by atoms with E-state index >= 15 is 0 Å². The Labute approximate surface area is 115 Å². The molecule has 0 saturated heterocycles. The van der Waals surface area contributed by atoms with Crippen molar-refractivity contribution in [1.82, 2.24) is 5.32 Å². The fourth-order valence-electron chi connectivity index (χ4n) is 1.83. The highest BCUT2D eigenvalue weighted by Crippen LogP contribution is 2.26. The summed E-state index contributed by atoms with van der Waals surface area (Å²) in [6.07, 6.45) is -3.79. The summed E-state index contributed by atoms with van der Waals surface area (Å²) in [5.74, 6) is 0.0342. The quantitative estimate of drug-likeness (QED) is 0.776. The topological polar surface area (TPSA) is 21.3 Å².